The van der Waals surface area contributed by atoms with Crippen LogP contribution in [0, 0.1) is 0 Å². The van der Waals surface area contributed by atoms with Crippen molar-refractivity contribution >= 4 is 22.6 Å². The highest BCUT2D eigenvalue weighted by Crippen LogP contribution is 2.34. The first-order chi connectivity index (χ1) is 17.0. The molecule has 2 fully saturated rings. The lowest BCUT2D eigenvalue weighted by molar-refractivity contribution is 0.0748. The van der Waals surface area contributed by atoms with Crippen LogP contribution in [0.5, 0.6) is 11.5 Å². The van der Waals surface area contributed by atoms with Crippen LogP contribution in [0.1, 0.15) is 60.0 Å². The molecule has 3 aromatic rings. The third-order valence-corrected chi connectivity index (χ3v) is 7.76. The van der Waals surface area contributed by atoms with Crippen molar-refractivity contribution in [2.45, 2.75) is 63.8 Å². The highest BCUT2D eigenvalue weighted by molar-refractivity contribution is 6.03. The fourth-order valence-electron chi connectivity index (χ4n) is 5.65. The van der Waals surface area contributed by atoms with Gasteiger partial charge in [-0.2, -0.15) is 5.10 Å². The number of aromatic amines is 1. The SMILES string of the molecule is CN1CCC(Oc2ccc3c(c2)CN(C(=O)c2cc4c(NC5CCCC5)n[nH]c4cc2O)C3)CC1. The van der Waals surface area contributed by atoms with Crippen molar-refractivity contribution in [1.82, 2.24) is 20.0 Å². The Kier molecular flexibility index (Phi) is 5.76. The molecule has 1 saturated heterocycles. The summed E-state index contributed by atoms with van der Waals surface area (Å²) in [4.78, 5) is 17.6. The van der Waals surface area contributed by atoms with E-state index in [4.69, 9.17) is 4.74 Å². The molecule has 0 unspecified atom stereocenters. The second kappa shape index (κ2) is 9.07. The summed E-state index contributed by atoms with van der Waals surface area (Å²) in [5, 5.41) is 22.4. The van der Waals surface area contributed by atoms with Gasteiger partial charge in [0.05, 0.1) is 11.1 Å². The highest BCUT2D eigenvalue weighted by atomic mass is 16.5. The number of rotatable bonds is 5. The van der Waals surface area contributed by atoms with Crippen molar-refractivity contribution in [2.75, 3.05) is 25.5 Å². The number of nitrogens with zero attached hydrogens (tertiary/aromatic N) is 3. The zero-order chi connectivity index (χ0) is 23.9. The number of phenols is 1. The van der Waals surface area contributed by atoms with Crippen LogP contribution in [0.2, 0.25) is 0 Å². The molecule has 1 amide bonds. The molecule has 1 saturated carbocycles. The fraction of sp³-hybridized carbons (Fsp3) is 0.481. The molecule has 2 aliphatic heterocycles. The van der Waals surface area contributed by atoms with Gasteiger partial charge in [0, 0.05) is 43.7 Å². The number of fused-ring (bicyclic) bond motifs is 2. The predicted molar refractivity (Wildman–Crippen MR) is 135 cm³/mol. The van der Waals surface area contributed by atoms with E-state index in [0.717, 1.165) is 72.4 Å². The number of H-pyrrole nitrogens is 1. The summed E-state index contributed by atoms with van der Waals surface area (Å²) in [5.74, 6) is 1.42. The second-order valence-corrected chi connectivity index (χ2v) is 10.3. The molecule has 0 bridgehead atoms. The van der Waals surface area contributed by atoms with Gasteiger partial charge >= 0.3 is 0 Å². The van der Waals surface area contributed by atoms with E-state index in [1.807, 2.05) is 6.07 Å². The molecule has 0 radical (unpaired) electrons. The highest BCUT2D eigenvalue weighted by Gasteiger charge is 2.28. The number of ether oxygens (including phenoxy) is 1. The minimum atomic E-state index is -0.175. The molecule has 6 rings (SSSR count). The van der Waals surface area contributed by atoms with Crippen LogP contribution in [0.3, 0.4) is 0 Å². The number of likely N-dealkylation sites (tertiary alicyclic amines) is 1. The molecule has 1 aliphatic carbocycles. The number of amides is 1. The molecular formula is C27H33N5O3. The molecule has 8 nitrogen and oxygen atoms in total. The van der Waals surface area contributed by atoms with Crippen LogP contribution in [0.4, 0.5) is 5.82 Å². The van der Waals surface area contributed by atoms with Crippen LogP contribution < -0.4 is 10.1 Å². The molecule has 8 heteroatoms. The molecule has 184 valence electrons. The minimum absolute atomic E-state index is 0.0270. The summed E-state index contributed by atoms with van der Waals surface area (Å²) >= 11 is 0. The van der Waals surface area contributed by atoms with Crippen LogP contribution in [0.15, 0.2) is 30.3 Å². The number of aromatic hydroxyl groups is 1. The normalized spacial score (nSPS) is 19.4. The van der Waals surface area contributed by atoms with Crippen LogP contribution in [-0.4, -0.2) is 63.3 Å². The predicted octanol–water partition coefficient (Wildman–Crippen LogP) is 4.25. The van der Waals surface area contributed by atoms with Crippen molar-refractivity contribution in [3.05, 3.63) is 47.0 Å². The van der Waals surface area contributed by atoms with Gasteiger partial charge < -0.3 is 25.0 Å². The third-order valence-electron chi connectivity index (χ3n) is 7.76. The standard InChI is InChI=1S/C27H33N5O3/c1-31-10-8-20(9-11-31)35-21-7-6-17-15-32(16-18(17)12-21)27(34)23-13-22-24(14-25(23)33)29-30-26(22)28-19-4-2-3-5-19/h6-7,12-14,19-20,33H,2-5,8-11,15-16H2,1H3,(H2,28,29,30). The van der Waals surface area contributed by atoms with Gasteiger partial charge in [0.15, 0.2) is 5.82 Å². The van der Waals surface area contributed by atoms with Gasteiger partial charge in [-0.25, -0.2) is 0 Å². The van der Waals surface area contributed by atoms with Gasteiger partial charge in [-0.1, -0.05) is 18.9 Å². The number of benzene rings is 2. The summed E-state index contributed by atoms with van der Waals surface area (Å²) in [6, 6.07) is 9.94. The fourth-order valence-corrected chi connectivity index (χ4v) is 5.65. The van der Waals surface area contributed by atoms with E-state index in [1.54, 1.807) is 17.0 Å². The molecule has 2 aromatic carbocycles. The number of anilines is 1. The first-order valence-corrected chi connectivity index (χ1v) is 12.8. The Hall–Kier alpha value is -3.26. The molecule has 3 N–H and O–H groups in total. The quantitative estimate of drug-likeness (QED) is 0.511. The lowest BCUT2D eigenvalue weighted by Crippen LogP contribution is -2.35. The maximum Gasteiger partial charge on any atom is 0.258 e. The molecular weight excluding hydrogens is 442 g/mol. The molecule has 1 aromatic heterocycles. The van der Waals surface area contributed by atoms with Gasteiger partial charge in [-0.3, -0.25) is 9.89 Å². The monoisotopic (exact) mass is 475 g/mol. The van der Waals surface area contributed by atoms with Crippen molar-refractivity contribution in [1.29, 1.82) is 0 Å². The average molecular weight is 476 g/mol. The number of nitrogens with one attached hydrogen (secondary N) is 2. The Morgan fingerprint density at radius 1 is 1.09 bits per heavy atom. The Morgan fingerprint density at radius 3 is 2.66 bits per heavy atom. The summed E-state index contributed by atoms with van der Waals surface area (Å²) in [5.41, 5.74) is 3.27. The number of carbonyl (C=O) groups is 1. The summed E-state index contributed by atoms with van der Waals surface area (Å²) < 4.78 is 6.25. The zero-order valence-electron chi connectivity index (χ0n) is 20.2. The number of phenolic OH excluding ortho intramolecular Hbond substituents is 1. The van der Waals surface area contributed by atoms with E-state index in [0.29, 0.717) is 24.7 Å². The number of carbonyl (C=O) groups excluding carboxylic acids is 1. The first-order valence-electron chi connectivity index (χ1n) is 12.8. The topological polar surface area (TPSA) is 93.7 Å². The summed E-state index contributed by atoms with van der Waals surface area (Å²) in [7, 11) is 2.15. The van der Waals surface area contributed by atoms with Gasteiger partial charge in [0.1, 0.15) is 17.6 Å². The smallest absolute Gasteiger partial charge is 0.258 e. The van der Waals surface area contributed by atoms with Gasteiger partial charge in [0.25, 0.3) is 5.91 Å². The minimum Gasteiger partial charge on any atom is -0.507 e. The molecule has 3 aliphatic rings. The van der Waals surface area contributed by atoms with E-state index in [-0.39, 0.29) is 17.8 Å². The van der Waals surface area contributed by atoms with E-state index in [1.165, 1.54) is 12.8 Å². The first kappa shape index (κ1) is 22.2. The lowest BCUT2D eigenvalue weighted by atomic mass is 10.1. The molecule has 0 spiro atoms. The van der Waals surface area contributed by atoms with E-state index >= 15 is 0 Å². The number of hydrogen-bond acceptors (Lipinski definition) is 6. The largest absolute Gasteiger partial charge is 0.507 e. The molecule has 35 heavy (non-hydrogen) atoms. The maximum atomic E-state index is 13.5. The Labute approximate surface area is 205 Å². The van der Waals surface area contributed by atoms with Crippen molar-refractivity contribution in [3.63, 3.8) is 0 Å². The average Bonchev–Trinajstić information content (AvgIpc) is 3.60. The van der Waals surface area contributed by atoms with Gasteiger partial charge in [-0.15, -0.1) is 0 Å². The van der Waals surface area contributed by atoms with Crippen LogP contribution >= 0.6 is 0 Å². The van der Waals surface area contributed by atoms with Crippen molar-refractivity contribution in [2.24, 2.45) is 0 Å². The number of piperidine rings is 1. The number of hydrogen-bond donors (Lipinski definition) is 3. The van der Waals surface area contributed by atoms with Gasteiger partial charge in [-0.05, 0) is 62.1 Å². The summed E-state index contributed by atoms with van der Waals surface area (Å²) in [6.45, 7) is 3.15. The Bertz CT molecular complexity index is 1240. The molecule has 3 heterocycles. The maximum absolute atomic E-state index is 13.5. The van der Waals surface area contributed by atoms with E-state index in [9.17, 15) is 9.90 Å². The van der Waals surface area contributed by atoms with E-state index in [2.05, 4.69) is 39.6 Å². The molecule has 0 atom stereocenters. The lowest BCUT2D eigenvalue weighted by Gasteiger charge is -2.29. The Morgan fingerprint density at radius 2 is 1.86 bits per heavy atom. The van der Waals surface area contributed by atoms with E-state index < -0.39 is 0 Å². The summed E-state index contributed by atoms with van der Waals surface area (Å²) in [6.07, 6.45) is 7.03. The number of aromatic nitrogens is 2. The van der Waals surface area contributed by atoms with Crippen molar-refractivity contribution in [3.8, 4) is 11.5 Å². The second-order valence-electron chi connectivity index (χ2n) is 10.3. The zero-order valence-corrected chi connectivity index (χ0v) is 20.2. The van der Waals surface area contributed by atoms with Crippen LogP contribution in [0.25, 0.3) is 10.9 Å². The Balaban J connectivity index is 1.18. The van der Waals surface area contributed by atoms with Crippen LogP contribution in [-0.2, 0) is 13.1 Å². The van der Waals surface area contributed by atoms with Gasteiger partial charge in [0.2, 0.25) is 0 Å². The van der Waals surface area contributed by atoms with Crippen molar-refractivity contribution < 1.29 is 14.6 Å². The third kappa shape index (κ3) is 4.43.